The van der Waals surface area contributed by atoms with E-state index in [0.717, 1.165) is 37.9 Å². The molecule has 1 unspecified atom stereocenters. The minimum Gasteiger partial charge on any atom is -0.385 e. The number of hydrogen-bond acceptors (Lipinski definition) is 6. The van der Waals surface area contributed by atoms with Gasteiger partial charge in [0, 0.05) is 37.6 Å². The van der Waals surface area contributed by atoms with Gasteiger partial charge < -0.3 is 26.6 Å². The van der Waals surface area contributed by atoms with Crippen molar-refractivity contribution < 1.29 is 9.59 Å². The van der Waals surface area contributed by atoms with E-state index in [1.54, 1.807) is 28.0 Å². The Hall–Kier alpha value is -3.76. The van der Waals surface area contributed by atoms with Crippen LogP contribution in [0.5, 0.6) is 0 Å². The molecule has 0 aliphatic carbocycles. The summed E-state index contributed by atoms with van der Waals surface area (Å²) in [4.78, 5) is 31.6. The van der Waals surface area contributed by atoms with E-state index in [0.29, 0.717) is 25.4 Å². The third-order valence-electron chi connectivity index (χ3n) is 5.73. The van der Waals surface area contributed by atoms with Crippen LogP contribution < -0.4 is 21.7 Å². The van der Waals surface area contributed by atoms with E-state index < -0.39 is 6.03 Å². The topological polar surface area (TPSA) is 112 Å². The van der Waals surface area contributed by atoms with Crippen molar-refractivity contribution in [3.63, 3.8) is 0 Å². The van der Waals surface area contributed by atoms with Crippen molar-refractivity contribution in [3.05, 3.63) is 90.0 Å². The number of primary amides is 1. The first-order valence-electron chi connectivity index (χ1n) is 12.4. The number of fused-ring (bicyclic) bond motifs is 1. The van der Waals surface area contributed by atoms with Crippen LogP contribution >= 0.6 is 23.1 Å². The molecule has 0 radical (unpaired) electrons. The molecule has 0 aliphatic heterocycles. The quantitative estimate of drug-likeness (QED) is 0.180. The summed E-state index contributed by atoms with van der Waals surface area (Å²) in [6.45, 7) is 4.00. The number of hydrogen-bond donors (Lipinski definition) is 4. The molecule has 1 heterocycles. The molecule has 0 aliphatic rings. The van der Waals surface area contributed by atoms with Gasteiger partial charge in [-0.15, -0.1) is 11.3 Å². The van der Waals surface area contributed by atoms with Gasteiger partial charge in [0.2, 0.25) is 0 Å². The first kappa shape index (κ1) is 27.3. The number of carbonyl (C=O) groups is 2. The van der Waals surface area contributed by atoms with Crippen LogP contribution in [0.15, 0.2) is 83.2 Å². The molecule has 4 aromatic rings. The molecule has 0 spiro atoms. The lowest BCUT2D eigenvalue weighted by atomic mass is 10.2. The average Bonchev–Trinajstić information content (AvgIpc) is 3.33. The first-order valence-corrected chi connectivity index (χ1v) is 14.2. The molecule has 3 aromatic carbocycles. The Balaban J connectivity index is 1.46. The SMILES string of the molecule is CCNc1ccc2sc(SCC(CN(Cc3ccccc3)C(=O)NCc3ccccc3)NC(N)=O)nc2c1. The Kier molecular flexibility index (Phi) is 9.83. The molecule has 0 saturated carbocycles. The molecule has 0 fully saturated rings. The van der Waals surface area contributed by atoms with Gasteiger partial charge in [-0.2, -0.15) is 0 Å². The maximum absolute atomic E-state index is 13.3. The van der Waals surface area contributed by atoms with Gasteiger partial charge in [-0.25, -0.2) is 14.6 Å². The third-order valence-corrected chi connectivity index (χ3v) is 8.08. The van der Waals surface area contributed by atoms with Gasteiger partial charge >= 0.3 is 12.1 Å². The number of anilines is 1. The summed E-state index contributed by atoms with van der Waals surface area (Å²) in [5, 5.41) is 9.13. The highest BCUT2D eigenvalue weighted by Crippen LogP contribution is 2.31. The molecular formula is C28H32N6O2S2. The summed E-state index contributed by atoms with van der Waals surface area (Å²) in [7, 11) is 0. The second-order valence-electron chi connectivity index (χ2n) is 8.72. The summed E-state index contributed by atoms with van der Waals surface area (Å²) < 4.78 is 1.99. The van der Waals surface area contributed by atoms with Crippen LogP contribution in [-0.2, 0) is 13.1 Å². The van der Waals surface area contributed by atoms with Gasteiger partial charge in [0.25, 0.3) is 0 Å². The summed E-state index contributed by atoms with van der Waals surface area (Å²) in [6, 6.07) is 24.5. The van der Waals surface area contributed by atoms with E-state index >= 15 is 0 Å². The Morgan fingerprint density at radius 2 is 1.74 bits per heavy atom. The molecule has 4 rings (SSSR count). The molecule has 4 amide bonds. The highest BCUT2D eigenvalue weighted by molar-refractivity contribution is 8.01. The third kappa shape index (κ3) is 8.12. The largest absolute Gasteiger partial charge is 0.385 e. The summed E-state index contributed by atoms with van der Waals surface area (Å²) >= 11 is 3.15. The molecule has 38 heavy (non-hydrogen) atoms. The number of thiazole rings is 1. The number of carbonyl (C=O) groups excluding carboxylic acids is 2. The van der Waals surface area contributed by atoms with Gasteiger partial charge in [0.1, 0.15) is 0 Å². The number of amides is 4. The fourth-order valence-corrected chi connectivity index (χ4v) is 6.05. The Labute approximate surface area is 231 Å². The molecule has 1 atom stereocenters. The van der Waals surface area contributed by atoms with Crippen molar-refractivity contribution >= 4 is 51.1 Å². The minimum absolute atomic E-state index is 0.213. The van der Waals surface area contributed by atoms with Gasteiger partial charge in [0.05, 0.1) is 16.3 Å². The smallest absolute Gasteiger partial charge is 0.318 e. The number of nitrogens with one attached hydrogen (secondary N) is 3. The van der Waals surface area contributed by atoms with Gasteiger partial charge in [-0.1, -0.05) is 72.4 Å². The van der Waals surface area contributed by atoms with E-state index in [9.17, 15) is 9.59 Å². The zero-order chi connectivity index (χ0) is 26.7. The van der Waals surface area contributed by atoms with Crippen LogP contribution in [0.2, 0.25) is 0 Å². The van der Waals surface area contributed by atoms with Crippen LogP contribution in [0.1, 0.15) is 18.1 Å². The van der Waals surface area contributed by atoms with E-state index in [1.165, 1.54) is 0 Å². The highest BCUT2D eigenvalue weighted by atomic mass is 32.2. The molecule has 10 heteroatoms. The normalized spacial score (nSPS) is 11.6. The summed E-state index contributed by atoms with van der Waals surface area (Å²) in [5.74, 6) is 0.514. The zero-order valence-electron chi connectivity index (χ0n) is 21.2. The molecule has 1 aromatic heterocycles. The van der Waals surface area contributed by atoms with E-state index in [1.807, 2.05) is 72.8 Å². The predicted molar refractivity (Wildman–Crippen MR) is 157 cm³/mol. The molecule has 0 bridgehead atoms. The fraction of sp³-hybridized carbons (Fsp3) is 0.250. The fourth-order valence-electron chi connectivity index (χ4n) is 3.97. The maximum atomic E-state index is 13.3. The van der Waals surface area contributed by atoms with E-state index in [4.69, 9.17) is 10.7 Å². The molecule has 0 saturated heterocycles. The van der Waals surface area contributed by atoms with Crippen LogP contribution in [0, 0.1) is 0 Å². The van der Waals surface area contributed by atoms with Gasteiger partial charge in [-0.05, 0) is 36.2 Å². The van der Waals surface area contributed by atoms with Crippen molar-refractivity contribution in [2.24, 2.45) is 5.73 Å². The minimum atomic E-state index is -0.625. The van der Waals surface area contributed by atoms with Crippen molar-refractivity contribution in [3.8, 4) is 0 Å². The molecule has 198 valence electrons. The van der Waals surface area contributed by atoms with E-state index in [2.05, 4.69) is 28.9 Å². The second kappa shape index (κ2) is 13.7. The summed E-state index contributed by atoms with van der Waals surface area (Å²) in [6.07, 6.45) is 0. The van der Waals surface area contributed by atoms with Crippen LogP contribution in [-0.4, -0.2) is 46.8 Å². The number of aromatic nitrogens is 1. The number of nitrogens with two attached hydrogens (primary N) is 1. The zero-order valence-corrected chi connectivity index (χ0v) is 22.9. The maximum Gasteiger partial charge on any atom is 0.318 e. The lowest BCUT2D eigenvalue weighted by molar-refractivity contribution is 0.188. The van der Waals surface area contributed by atoms with Crippen LogP contribution in [0.25, 0.3) is 10.2 Å². The van der Waals surface area contributed by atoms with Crippen molar-refractivity contribution in [1.82, 2.24) is 20.5 Å². The Morgan fingerprint density at radius 1 is 1.03 bits per heavy atom. The lowest BCUT2D eigenvalue weighted by Gasteiger charge is -2.28. The van der Waals surface area contributed by atoms with Gasteiger partial charge in [0.15, 0.2) is 4.34 Å². The Bertz CT molecular complexity index is 1330. The number of benzene rings is 3. The lowest BCUT2D eigenvalue weighted by Crippen LogP contribution is -2.50. The standard InChI is InChI=1S/C28H32N6O2S2/c1-2-30-22-13-14-25-24(15-22)33-28(38-25)37-19-23(32-26(29)35)18-34(17-21-11-7-4-8-12-21)27(36)31-16-20-9-5-3-6-10-20/h3-15,23,30H,2,16-19H2,1H3,(H,31,36)(H3,29,32,35). The number of thioether (sulfide) groups is 1. The number of nitrogens with zero attached hydrogens (tertiary/aromatic N) is 2. The highest BCUT2D eigenvalue weighted by Gasteiger charge is 2.21. The summed E-state index contributed by atoms with van der Waals surface area (Å²) in [5.41, 5.74) is 9.48. The average molecular weight is 549 g/mol. The molecular weight excluding hydrogens is 516 g/mol. The van der Waals surface area contributed by atoms with Gasteiger partial charge in [-0.3, -0.25) is 0 Å². The first-order chi connectivity index (χ1) is 18.5. The number of rotatable bonds is 12. The predicted octanol–water partition coefficient (Wildman–Crippen LogP) is 5.27. The van der Waals surface area contributed by atoms with Crippen molar-refractivity contribution in [1.29, 1.82) is 0 Å². The Morgan fingerprint density at radius 3 is 2.42 bits per heavy atom. The van der Waals surface area contributed by atoms with Crippen molar-refractivity contribution in [2.75, 3.05) is 24.2 Å². The second-order valence-corrected chi connectivity index (χ2v) is 11.0. The monoisotopic (exact) mass is 548 g/mol. The number of urea groups is 2. The van der Waals surface area contributed by atoms with Crippen LogP contribution in [0.3, 0.4) is 0 Å². The molecule has 8 nitrogen and oxygen atoms in total. The van der Waals surface area contributed by atoms with E-state index in [-0.39, 0.29) is 12.1 Å². The molecule has 5 N–H and O–H groups in total. The van der Waals surface area contributed by atoms with Crippen LogP contribution in [0.4, 0.5) is 15.3 Å². The van der Waals surface area contributed by atoms with Crippen molar-refractivity contribution in [2.45, 2.75) is 30.4 Å².